The number of methoxy groups -OCH3 is 1. The van der Waals surface area contributed by atoms with E-state index < -0.39 is 5.91 Å². The first-order chi connectivity index (χ1) is 15.9. The van der Waals surface area contributed by atoms with Gasteiger partial charge in [0.25, 0.3) is 0 Å². The fraction of sp³-hybridized carbons (Fsp3) is 0.120. The van der Waals surface area contributed by atoms with Gasteiger partial charge in [0.1, 0.15) is 11.3 Å². The van der Waals surface area contributed by atoms with Crippen LogP contribution in [-0.4, -0.2) is 18.0 Å². The summed E-state index contributed by atoms with van der Waals surface area (Å²) in [5.74, 6) is 0.476. The van der Waals surface area contributed by atoms with Gasteiger partial charge in [-0.1, -0.05) is 47.8 Å². The minimum Gasteiger partial charge on any atom is -0.495 e. The third-order valence-electron chi connectivity index (χ3n) is 4.99. The Kier molecular flexibility index (Phi) is 6.94. The number of aryl methyl sites for hydroxylation is 1. The monoisotopic (exact) mass is 500 g/mol. The van der Waals surface area contributed by atoms with Gasteiger partial charge < -0.3 is 14.5 Å². The number of fused-ring (bicyclic) bond motifs is 1. The molecule has 0 spiro atoms. The molecule has 0 saturated carbocycles. The summed E-state index contributed by atoms with van der Waals surface area (Å²) < 4.78 is 11.2. The van der Waals surface area contributed by atoms with Gasteiger partial charge in [0, 0.05) is 22.2 Å². The van der Waals surface area contributed by atoms with E-state index in [9.17, 15) is 4.79 Å². The van der Waals surface area contributed by atoms with Crippen molar-refractivity contribution >= 4 is 63.6 Å². The Morgan fingerprint density at radius 1 is 1.09 bits per heavy atom. The van der Waals surface area contributed by atoms with E-state index >= 15 is 0 Å². The summed E-state index contributed by atoms with van der Waals surface area (Å²) in [5.41, 5.74) is 4.34. The summed E-state index contributed by atoms with van der Waals surface area (Å²) in [5, 5.41) is 3.94. The first-order valence-corrected chi connectivity index (χ1v) is 11.2. The second-order valence-electron chi connectivity index (χ2n) is 7.20. The number of oxazole rings is 1. The van der Waals surface area contributed by atoms with Crippen molar-refractivity contribution in [1.29, 1.82) is 0 Å². The molecular formula is C25H19Cl3N2O3. The van der Waals surface area contributed by atoms with Crippen LogP contribution in [0, 0.1) is 0 Å². The number of rotatable bonds is 6. The maximum absolute atomic E-state index is 12.6. The SMILES string of the molecule is CCc1ccc2oc(-c3ccc(Cl)c(NC(=O)C=Cc4cc(Cl)cc(Cl)c4OC)c3)nc2c1. The number of halogens is 3. The molecule has 168 valence electrons. The van der Waals surface area contributed by atoms with Crippen LogP contribution in [0.1, 0.15) is 18.1 Å². The number of carbonyl (C=O) groups is 1. The summed E-state index contributed by atoms with van der Waals surface area (Å²) in [7, 11) is 1.49. The molecule has 1 amide bonds. The van der Waals surface area contributed by atoms with Gasteiger partial charge in [-0.25, -0.2) is 4.98 Å². The average Bonchev–Trinajstić information content (AvgIpc) is 3.22. The van der Waals surface area contributed by atoms with Crippen LogP contribution in [0.4, 0.5) is 5.69 Å². The molecule has 1 aromatic heterocycles. The molecule has 4 aromatic rings. The number of nitrogens with zero attached hydrogens (tertiary/aromatic N) is 1. The number of carbonyl (C=O) groups excluding carboxylic acids is 1. The molecule has 0 radical (unpaired) electrons. The number of aromatic nitrogens is 1. The summed E-state index contributed by atoms with van der Waals surface area (Å²) in [4.78, 5) is 17.1. The van der Waals surface area contributed by atoms with E-state index in [2.05, 4.69) is 17.2 Å². The number of hydrogen-bond acceptors (Lipinski definition) is 4. The van der Waals surface area contributed by atoms with Gasteiger partial charge >= 0.3 is 0 Å². The Balaban J connectivity index is 1.58. The number of ether oxygens (including phenoxy) is 1. The standard InChI is InChI=1S/C25H19Cl3N2O3/c1-3-14-4-8-22-21(10-14)30-25(33-22)16-5-7-18(27)20(12-16)29-23(31)9-6-15-11-17(26)13-19(28)24(15)32-2/h4-13H,3H2,1-2H3,(H,29,31). The van der Waals surface area contributed by atoms with Crippen molar-refractivity contribution in [3.8, 4) is 17.2 Å². The maximum Gasteiger partial charge on any atom is 0.248 e. The third kappa shape index (κ3) is 5.17. The van der Waals surface area contributed by atoms with Gasteiger partial charge in [-0.2, -0.15) is 0 Å². The number of anilines is 1. The predicted molar refractivity (Wildman–Crippen MR) is 135 cm³/mol. The fourth-order valence-corrected chi connectivity index (χ4v) is 4.08. The van der Waals surface area contributed by atoms with E-state index in [1.165, 1.54) is 18.7 Å². The molecule has 4 rings (SSSR count). The van der Waals surface area contributed by atoms with E-state index in [1.54, 1.807) is 36.4 Å². The van der Waals surface area contributed by atoms with Crippen LogP contribution >= 0.6 is 34.8 Å². The van der Waals surface area contributed by atoms with E-state index in [0.717, 1.165) is 11.9 Å². The molecule has 1 heterocycles. The molecule has 33 heavy (non-hydrogen) atoms. The molecule has 3 aromatic carbocycles. The van der Waals surface area contributed by atoms with E-state index in [-0.39, 0.29) is 0 Å². The molecule has 0 aliphatic heterocycles. The summed E-state index contributed by atoms with van der Waals surface area (Å²) in [6, 6.07) is 14.3. The van der Waals surface area contributed by atoms with E-state index in [4.69, 9.17) is 44.0 Å². The van der Waals surface area contributed by atoms with Gasteiger partial charge in [-0.3, -0.25) is 4.79 Å². The van der Waals surface area contributed by atoms with Crippen LogP contribution in [0.15, 0.2) is 59.0 Å². The fourth-order valence-electron chi connectivity index (χ4n) is 3.33. The van der Waals surface area contributed by atoms with Crippen LogP contribution in [0.3, 0.4) is 0 Å². The maximum atomic E-state index is 12.6. The topological polar surface area (TPSA) is 64.4 Å². The van der Waals surface area contributed by atoms with E-state index in [0.29, 0.717) is 49.1 Å². The quantitative estimate of drug-likeness (QED) is 0.275. The molecule has 0 fully saturated rings. The number of nitrogens with one attached hydrogen (secondary N) is 1. The van der Waals surface area contributed by atoms with Gasteiger partial charge in [-0.15, -0.1) is 0 Å². The highest BCUT2D eigenvalue weighted by atomic mass is 35.5. The van der Waals surface area contributed by atoms with Crippen molar-refractivity contribution in [3.05, 3.63) is 80.8 Å². The van der Waals surface area contributed by atoms with E-state index in [1.807, 2.05) is 18.2 Å². The predicted octanol–water partition coefficient (Wildman–Crippen LogP) is 7.68. The van der Waals surface area contributed by atoms with Gasteiger partial charge in [0.05, 0.1) is 22.8 Å². The highest BCUT2D eigenvalue weighted by Gasteiger charge is 2.13. The molecule has 0 atom stereocenters. The molecule has 0 bridgehead atoms. The Morgan fingerprint density at radius 2 is 1.91 bits per heavy atom. The normalized spacial score (nSPS) is 11.3. The number of benzene rings is 3. The molecule has 0 unspecified atom stereocenters. The molecular weight excluding hydrogens is 483 g/mol. The first-order valence-electron chi connectivity index (χ1n) is 10.1. The Bertz CT molecular complexity index is 1380. The molecule has 0 aliphatic carbocycles. The largest absolute Gasteiger partial charge is 0.495 e. The highest BCUT2D eigenvalue weighted by Crippen LogP contribution is 2.33. The van der Waals surface area contributed by atoms with Crippen molar-refractivity contribution in [2.24, 2.45) is 0 Å². The number of hydrogen-bond donors (Lipinski definition) is 1. The molecule has 5 nitrogen and oxygen atoms in total. The Hall–Kier alpha value is -2.99. The molecule has 1 N–H and O–H groups in total. The minimum absolute atomic E-state index is 0.352. The number of amides is 1. The second-order valence-corrected chi connectivity index (χ2v) is 8.45. The summed E-state index contributed by atoms with van der Waals surface area (Å²) in [6.45, 7) is 2.09. The van der Waals surface area contributed by atoms with Crippen molar-refractivity contribution in [2.45, 2.75) is 13.3 Å². The van der Waals surface area contributed by atoms with Crippen molar-refractivity contribution < 1.29 is 13.9 Å². The zero-order chi connectivity index (χ0) is 23.5. The minimum atomic E-state index is -0.391. The van der Waals surface area contributed by atoms with Gasteiger partial charge in [0.2, 0.25) is 11.8 Å². The Labute approximate surface area is 205 Å². The zero-order valence-corrected chi connectivity index (χ0v) is 20.1. The van der Waals surface area contributed by atoms with Crippen molar-refractivity contribution in [1.82, 2.24) is 4.98 Å². The van der Waals surface area contributed by atoms with Crippen LogP contribution in [0.2, 0.25) is 15.1 Å². The lowest BCUT2D eigenvalue weighted by atomic mass is 10.1. The lowest BCUT2D eigenvalue weighted by Crippen LogP contribution is -2.08. The molecule has 0 aliphatic rings. The smallest absolute Gasteiger partial charge is 0.248 e. The van der Waals surface area contributed by atoms with Crippen molar-refractivity contribution in [3.63, 3.8) is 0 Å². The first kappa shape index (κ1) is 23.2. The van der Waals surface area contributed by atoms with Crippen LogP contribution in [0.5, 0.6) is 5.75 Å². The summed E-state index contributed by atoms with van der Waals surface area (Å²) >= 11 is 18.5. The van der Waals surface area contributed by atoms with Gasteiger partial charge in [0.15, 0.2) is 5.58 Å². The third-order valence-corrected chi connectivity index (χ3v) is 5.82. The lowest BCUT2D eigenvalue weighted by molar-refractivity contribution is -0.111. The average molecular weight is 502 g/mol. The lowest BCUT2D eigenvalue weighted by Gasteiger charge is -2.08. The Morgan fingerprint density at radius 3 is 2.67 bits per heavy atom. The van der Waals surface area contributed by atoms with Crippen LogP contribution < -0.4 is 10.1 Å². The highest BCUT2D eigenvalue weighted by molar-refractivity contribution is 6.36. The second kappa shape index (κ2) is 9.87. The van der Waals surface area contributed by atoms with Crippen LogP contribution in [0.25, 0.3) is 28.6 Å². The van der Waals surface area contributed by atoms with Crippen LogP contribution in [-0.2, 0) is 11.2 Å². The molecule has 8 heteroatoms. The summed E-state index contributed by atoms with van der Waals surface area (Å²) in [6.07, 6.45) is 3.82. The van der Waals surface area contributed by atoms with Crippen molar-refractivity contribution in [2.75, 3.05) is 12.4 Å². The zero-order valence-electron chi connectivity index (χ0n) is 17.8. The van der Waals surface area contributed by atoms with Gasteiger partial charge in [-0.05, 0) is 60.5 Å². The molecule has 0 saturated heterocycles.